The molecule has 2 heteroatoms. The molecule has 0 amide bonds. The van der Waals surface area contributed by atoms with Crippen LogP contribution in [0.3, 0.4) is 0 Å². The lowest BCUT2D eigenvalue weighted by Gasteiger charge is -2.08. The molecule has 0 N–H and O–H groups in total. The van der Waals surface area contributed by atoms with E-state index in [0.29, 0.717) is 12.8 Å². The normalized spacial score (nSPS) is 34.4. The highest BCUT2D eigenvalue weighted by atomic mass is 16.1. The second-order valence-electron chi connectivity index (χ2n) is 2.89. The topological polar surface area (TPSA) is 40.9 Å². The van der Waals surface area contributed by atoms with Crippen LogP contribution in [0.25, 0.3) is 0 Å². The number of Topliss-reactive ketones (excluding diaryl/α,β-unsaturated/α-hetero) is 1. The van der Waals surface area contributed by atoms with Crippen molar-refractivity contribution in [1.29, 1.82) is 5.26 Å². The smallest absolute Gasteiger partial charge is 0.134 e. The predicted octanol–water partition coefficient (Wildman–Crippen LogP) is 1.27. The zero-order valence-electron chi connectivity index (χ0n) is 5.48. The van der Waals surface area contributed by atoms with Gasteiger partial charge < -0.3 is 0 Å². The van der Waals surface area contributed by atoms with Crippen LogP contribution in [0, 0.1) is 16.7 Å². The van der Waals surface area contributed by atoms with Crippen LogP contribution >= 0.6 is 0 Å². The first kappa shape index (κ1) is 6.28. The van der Waals surface area contributed by atoms with Crippen LogP contribution in [-0.2, 0) is 4.79 Å². The molecule has 0 heterocycles. The molecule has 0 spiro atoms. The van der Waals surface area contributed by atoms with E-state index in [1.54, 1.807) is 0 Å². The van der Waals surface area contributed by atoms with Crippen LogP contribution in [0.4, 0.5) is 0 Å². The van der Waals surface area contributed by atoms with Gasteiger partial charge in [-0.05, 0) is 13.3 Å². The number of carbonyl (C=O) groups excluding carboxylic acids is 1. The number of hydrogen-bond acceptors (Lipinski definition) is 2. The lowest BCUT2D eigenvalue weighted by Crippen LogP contribution is -2.07. The molecule has 1 unspecified atom stereocenters. The average Bonchev–Trinajstić information content (AvgIpc) is 2.13. The molecule has 1 saturated carbocycles. The fourth-order valence-corrected chi connectivity index (χ4v) is 1.12. The van der Waals surface area contributed by atoms with Crippen LogP contribution < -0.4 is 0 Å². The first-order chi connectivity index (χ1) is 4.16. The van der Waals surface area contributed by atoms with E-state index < -0.39 is 0 Å². The van der Waals surface area contributed by atoms with E-state index in [0.717, 1.165) is 6.42 Å². The van der Waals surface area contributed by atoms with Crippen LogP contribution in [0.5, 0.6) is 0 Å². The predicted molar refractivity (Wildman–Crippen MR) is 32.6 cm³/mol. The second-order valence-corrected chi connectivity index (χ2v) is 2.89. The Balaban J connectivity index is 2.68. The molecule has 1 aliphatic rings. The molecule has 0 aromatic heterocycles. The first-order valence-electron chi connectivity index (χ1n) is 3.09. The maximum Gasteiger partial charge on any atom is 0.134 e. The lowest BCUT2D eigenvalue weighted by molar-refractivity contribution is -0.117. The summed E-state index contributed by atoms with van der Waals surface area (Å²) in [5.74, 6) is 0.235. The van der Waals surface area contributed by atoms with Crippen molar-refractivity contribution in [3.05, 3.63) is 0 Å². The van der Waals surface area contributed by atoms with Crippen LogP contribution in [0.15, 0.2) is 0 Å². The molecule has 1 atom stereocenters. The Morgan fingerprint density at radius 3 is 2.67 bits per heavy atom. The molecule has 2 nitrogen and oxygen atoms in total. The maximum absolute atomic E-state index is 10.7. The van der Waals surface area contributed by atoms with Crippen molar-refractivity contribution in [2.24, 2.45) is 5.41 Å². The van der Waals surface area contributed by atoms with Crippen LogP contribution in [0.1, 0.15) is 26.2 Å². The molecule has 9 heavy (non-hydrogen) atoms. The van der Waals surface area contributed by atoms with E-state index in [1.807, 2.05) is 6.92 Å². The molecular formula is C7H9NO. The third-order valence-corrected chi connectivity index (χ3v) is 1.81. The molecule has 1 aliphatic carbocycles. The number of nitrogens with zero attached hydrogens (tertiary/aromatic N) is 1. The maximum atomic E-state index is 10.7. The quantitative estimate of drug-likeness (QED) is 0.486. The van der Waals surface area contributed by atoms with Gasteiger partial charge in [-0.1, -0.05) is 0 Å². The Bertz CT molecular complexity index is 180. The number of ketones is 1. The molecule has 0 radical (unpaired) electrons. The zero-order valence-corrected chi connectivity index (χ0v) is 5.48. The Morgan fingerprint density at radius 1 is 1.78 bits per heavy atom. The Morgan fingerprint density at radius 2 is 2.44 bits per heavy atom. The average molecular weight is 123 g/mol. The molecule has 1 rings (SSSR count). The number of carbonyl (C=O) groups is 1. The van der Waals surface area contributed by atoms with Gasteiger partial charge in [0.15, 0.2) is 0 Å². The Kier molecular flexibility index (Phi) is 1.28. The monoisotopic (exact) mass is 123 g/mol. The van der Waals surface area contributed by atoms with E-state index in [2.05, 4.69) is 6.07 Å². The summed E-state index contributed by atoms with van der Waals surface area (Å²) < 4.78 is 0. The summed E-state index contributed by atoms with van der Waals surface area (Å²) in [6.45, 7) is 1.85. The fourth-order valence-electron chi connectivity index (χ4n) is 1.12. The summed E-state index contributed by atoms with van der Waals surface area (Å²) in [6.07, 6.45) is 1.82. The number of hydrogen-bond donors (Lipinski definition) is 0. The second kappa shape index (κ2) is 1.84. The summed E-state index contributed by atoms with van der Waals surface area (Å²) >= 11 is 0. The lowest BCUT2D eigenvalue weighted by atomic mass is 9.91. The molecule has 0 aromatic carbocycles. The minimum Gasteiger partial charge on any atom is -0.300 e. The molecule has 0 aliphatic heterocycles. The van der Waals surface area contributed by atoms with Gasteiger partial charge in [0, 0.05) is 12.8 Å². The van der Waals surface area contributed by atoms with Crippen molar-refractivity contribution in [3.63, 3.8) is 0 Å². The SMILES string of the molecule is CC1(C#N)CCC(=O)C1. The van der Waals surface area contributed by atoms with Gasteiger partial charge in [0.2, 0.25) is 0 Å². The van der Waals surface area contributed by atoms with Crippen LogP contribution in [0.2, 0.25) is 0 Å². The van der Waals surface area contributed by atoms with Crippen molar-refractivity contribution in [2.45, 2.75) is 26.2 Å². The van der Waals surface area contributed by atoms with E-state index >= 15 is 0 Å². The van der Waals surface area contributed by atoms with Gasteiger partial charge in [0.05, 0.1) is 11.5 Å². The first-order valence-corrected chi connectivity index (χ1v) is 3.09. The van der Waals surface area contributed by atoms with Gasteiger partial charge in [-0.2, -0.15) is 5.26 Å². The van der Waals surface area contributed by atoms with Gasteiger partial charge >= 0.3 is 0 Å². The summed E-state index contributed by atoms with van der Waals surface area (Å²) in [5, 5.41) is 8.54. The Hall–Kier alpha value is -0.840. The fraction of sp³-hybridized carbons (Fsp3) is 0.714. The summed E-state index contributed by atoms with van der Waals surface area (Å²) in [5.41, 5.74) is -0.336. The zero-order chi connectivity index (χ0) is 6.91. The van der Waals surface area contributed by atoms with Gasteiger partial charge in [0.25, 0.3) is 0 Å². The minimum absolute atomic E-state index is 0.235. The minimum atomic E-state index is -0.336. The highest BCUT2D eigenvalue weighted by Crippen LogP contribution is 2.33. The summed E-state index contributed by atoms with van der Waals surface area (Å²) in [4.78, 5) is 10.7. The molecule has 48 valence electrons. The van der Waals surface area contributed by atoms with Crippen molar-refractivity contribution in [3.8, 4) is 6.07 Å². The highest BCUT2D eigenvalue weighted by molar-refractivity contribution is 5.81. The van der Waals surface area contributed by atoms with E-state index in [1.165, 1.54) is 0 Å². The van der Waals surface area contributed by atoms with E-state index in [9.17, 15) is 4.79 Å². The summed E-state index contributed by atoms with van der Waals surface area (Å²) in [7, 11) is 0. The molecule has 0 aromatic rings. The third kappa shape index (κ3) is 1.10. The molecule has 0 saturated heterocycles. The largest absolute Gasteiger partial charge is 0.300 e. The van der Waals surface area contributed by atoms with E-state index in [-0.39, 0.29) is 11.2 Å². The van der Waals surface area contributed by atoms with Crippen molar-refractivity contribution in [2.75, 3.05) is 0 Å². The molecule has 0 bridgehead atoms. The van der Waals surface area contributed by atoms with Gasteiger partial charge in [-0.25, -0.2) is 0 Å². The molecule has 1 fully saturated rings. The van der Waals surface area contributed by atoms with E-state index in [4.69, 9.17) is 5.26 Å². The standard InChI is InChI=1S/C7H9NO/c1-7(5-8)3-2-6(9)4-7/h2-4H2,1H3. The van der Waals surface area contributed by atoms with Gasteiger partial charge in [-0.3, -0.25) is 4.79 Å². The molecular weight excluding hydrogens is 114 g/mol. The van der Waals surface area contributed by atoms with Crippen LogP contribution in [-0.4, -0.2) is 5.78 Å². The van der Waals surface area contributed by atoms with Crippen molar-refractivity contribution in [1.82, 2.24) is 0 Å². The number of rotatable bonds is 0. The highest BCUT2D eigenvalue weighted by Gasteiger charge is 2.33. The van der Waals surface area contributed by atoms with Crippen molar-refractivity contribution >= 4 is 5.78 Å². The summed E-state index contributed by atoms with van der Waals surface area (Å²) in [6, 6.07) is 2.15. The third-order valence-electron chi connectivity index (χ3n) is 1.81. The van der Waals surface area contributed by atoms with Gasteiger partial charge in [-0.15, -0.1) is 0 Å². The Labute approximate surface area is 54.5 Å². The van der Waals surface area contributed by atoms with Crippen molar-refractivity contribution < 1.29 is 4.79 Å². The number of nitriles is 1. The van der Waals surface area contributed by atoms with Gasteiger partial charge in [0.1, 0.15) is 5.78 Å².